The zero-order valence-corrected chi connectivity index (χ0v) is 10.1. The molecule has 0 aliphatic carbocycles. The number of carbonyl (C=O) groups excluding carboxylic acids is 1. The van der Waals surface area contributed by atoms with Gasteiger partial charge >= 0.3 is 6.03 Å². The molecule has 2 rings (SSSR count). The van der Waals surface area contributed by atoms with Crippen molar-refractivity contribution in [3.05, 3.63) is 52.2 Å². The number of urea groups is 1. The van der Waals surface area contributed by atoms with Gasteiger partial charge in [-0.15, -0.1) is 11.3 Å². The number of halogens is 2. The van der Waals surface area contributed by atoms with E-state index in [1.807, 2.05) is 17.5 Å². The molecule has 0 spiro atoms. The summed E-state index contributed by atoms with van der Waals surface area (Å²) in [7, 11) is 0. The fraction of sp³-hybridized carbons (Fsp3) is 0.0833. The first-order valence-electron chi connectivity index (χ1n) is 5.17. The highest BCUT2D eigenvalue weighted by atomic mass is 32.1. The normalized spacial score (nSPS) is 10.1. The van der Waals surface area contributed by atoms with Crippen molar-refractivity contribution in [3.63, 3.8) is 0 Å². The van der Waals surface area contributed by atoms with Crippen molar-refractivity contribution in [3.8, 4) is 0 Å². The fourth-order valence-corrected chi connectivity index (χ4v) is 2.03. The molecule has 0 atom stereocenters. The van der Waals surface area contributed by atoms with E-state index in [9.17, 15) is 13.6 Å². The molecule has 18 heavy (non-hydrogen) atoms. The number of hydrogen-bond acceptors (Lipinski definition) is 2. The Bertz CT molecular complexity index is 523. The Hall–Kier alpha value is -1.95. The van der Waals surface area contributed by atoms with E-state index in [1.54, 1.807) is 0 Å². The first-order chi connectivity index (χ1) is 8.63. The average molecular weight is 268 g/mol. The van der Waals surface area contributed by atoms with E-state index in [0.717, 1.165) is 23.1 Å². The predicted molar refractivity (Wildman–Crippen MR) is 66.5 cm³/mol. The lowest BCUT2D eigenvalue weighted by Crippen LogP contribution is -2.27. The Balaban J connectivity index is 1.90. The van der Waals surface area contributed by atoms with E-state index in [1.165, 1.54) is 11.3 Å². The van der Waals surface area contributed by atoms with Crippen LogP contribution in [0.3, 0.4) is 0 Å². The molecule has 0 aliphatic rings. The van der Waals surface area contributed by atoms with Gasteiger partial charge in [-0.25, -0.2) is 13.6 Å². The van der Waals surface area contributed by atoms with E-state index < -0.39 is 17.7 Å². The van der Waals surface area contributed by atoms with Crippen molar-refractivity contribution in [2.45, 2.75) is 6.54 Å². The summed E-state index contributed by atoms with van der Waals surface area (Å²) in [6.07, 6.45) is 0. The van der Waals surface area contributed by atoms with Gasteiger partial charge in [-0.3, -0.25) is 0 Å². The van der Waals surface area contributed by atoms with Crippen molar-refractivity contribution in [2.24, 2.45) is 0 Å². The third-order valence-electron chi connectivity index (χ3n) is 2.12. The summed E-state index contributed by atoms with van der Waals surface area (Å²) in [6, 6.07) is 6.10. The molecule has 0 unspecified atom stereocenters. The van der Waals surface area contributed by atoms with Crippen molar-refractivity contribution in [2.75, 3.05) is 5.32 Å². The molecule has 0 bridgehead atoms. The largest absolute Gasteiger partial charge is 0.333 e. The van der Waals surface area contributed by atoms with E-state index in [-0.39, 0.29) is 5.69 Å². The summed E-state index contributed by atoms with van der Waals surface area (Å²) in [5.74, 6) is -1.47. The second-order valence-corrected chi connectivity index (χ2v) is 4.58. The molecule has 2 aromatic rings. The minimum absolute atomic E-state index is 0.0798. The molecular weight excluding hydrogens is 258 g/mol. The molecule has 0 saturated heterocycles. The second kappa shape index (κ2) is 5.59. The predicted octanol–water partition coefficient (Wildman–Crippen LogP) is 3.35. The standard InChI is InChI=1S/C12H10F2N2OS/c13-8-4-9(14)6-10(5-8)16-12(17)15-7-11-2-1-3-18-11/h1-6H,7H2,(H2,15,16,17). The van der Waals surface area contributed by atoms with Gasteiger partial charge in [-0.05, 0) is 23.6 Å². The third kappa shape index (κ3) is 3.53. The number of thiophene rings is 1. The highest BCUT2D eigenvalue weighted by Gasteiger charge is 2.05. The molecule has 1 heterocycles. The lowest BCUT2D eigenvalue weighted by atomic mass is 10.3. The number of carbonyl (C=O) groups is 1. The first kappa shape index (κ1) is 12.5. The summed E-state index contributed by atoms with van der Waals surface area (Å²) in [4.78, 5) is 12.5. The fourth-order valence-electron chi connectivity index (χ4n) is 1.38. The number of hydrogen-bond donors (Lipinski definition) is 2. The summed E-state index contributed by atoms with van der Waals surface area (Å²) in [5, 5.41) is 6.85. The molecular formula is C12H10F2N2OS. The summed E-state index contributed by atoms with van der Waals surface area (Å²) in [6.45, 7) is 0.376. The van der Waals surface area contributed by atoms with Crippen LogP contribution < -0.4 is 10.6 Å². The minimum atomic E-state index is -0.733. The van der Waals surface area contributed by atoms with Gasteiger partial charge in [0.05, 0.1) is 6.54 Å². The van der Waals surface area contributed by atoms with Crippen LogP contribution in [0.15, 0.2) is 35.7 Å². The van der Waals surface area contributed by atoms with E-state index >= 15 is 0 Å². The molecule has 0 radical (unpaired) electrons. The molecule has 0 saturated carbocycles. The van der Waals surface area contributed by atoms with Gasteiger partial charge in [-0.1, -0.05) is 6.07 Å². The Labute approximate surface area is 106 Å². The highest BCUT2D eigenvalue weighted by molar-refractivity contribution is 7.09. The minimum Gasteiger partial charge on any atom is -0.333 e. The number of benzene rings is 1. The van der Waals surface area contributed by atoms with Crippen LogP contribution in [0.5, 0.6) is 0 Å². The molecule has 6 heteroatoms. The van der Waals surface area contributed by atoms with Crippen LogP contribution in [0.4, 0.5) is 19.3 Å². The maximum Gasteiger partial charge on any atom is 0.319 e. The SMILES string of the molecule is O=C(NCc1cccs1)Nc1cc(F)cc(F)c1. The number of nitrogens with one attached hydrogen (secondary N) is 2. The Morgan fingerprint density at radius 1 is 1.22 bits per heavy atom. The summed E-state index contributed by atoms with van der Waals surface area (Å²) < 4.78 is 25.8. The quantitative estimate of drug-likeness (QED) is 0.880. The number of anilines is 1. The van der Waals surface area contributed by atoms with Crippen LogP contribution in [0.2, 0.25) is 0 Å². The van der Waals surface area contributed by atoms with Crippen LogP contribution >= 0.6 is 11.3 Å². The van der Waals surface area contributed by atoms with E-state index in [2.05, 4.69) is 10.6 Å². The van der Waals surface area contributed by atoms with Crippen molar-refractivity contribution in [1.82, 2.24) is 5.32 Å². The van der Waals surface area contributed by atoms with Crippen LogP contribution in [-0.4, -0.2) is 6.03 Å². The van der Waals surface area contributed by atoms with Crippen LogP contribution in [0.1, 0.15) is 4.88 Å². The van der Waals surface area contributed by atoms with Crippen LogP contribution in [-0.2, 0) is 6.54 Å². The van der Waals surface area contributed by atoms with E-state index in [4.69, 9.17) is 0 Å². The molecule has 0 aliphatic heterocycles. The van der Waals surface area contributed by atoms with Gasteiger partial charge in [0.2, 0.25) is 0 Å². The lowest BCUT2D eigenvalue weighted by Gasteiger charge is -2.06. The topological polar surface area (TPSA) is 41.1 Å². The number of rotatable bonds is 3. The third-order valence-corrected chi connectivity index (χ3v) is 3.00. The van der Waals surface area contributed by atoms with Crippen molar-refractivity contribution >= 4 is 23.1 Å². The maximum absolute atomic E-state index is 12.9. The molecule has 1 aromatic carbocycles. The zero-order valence-electron chi connectivity index (χ0n) is 9.24. The average Bonchev–Trinajstić information content (AvgIpc) is 2.77. The monoisotopic (exact) mass is 268 g/mol. The van der Waals surface area contributed by atoms with Crippen molar-refractivity contribution in [1.29, 1.82) is 0 Å². The van der Waals surface area contributed by atoms with Gasteiger partial charge in [0.25, 0.3) is 0 Å². The molecule has 1 aromatic heterocycles. The van der Waals surface area contributed by atoms with Gasteiger partial charge in [-0.2, -0.15) is 0 Å². The summed E-state index contributed by atoms with van der Waals surface area (Å²) >= 11 is 1.51. The maximum atomic E-state index is 12.9. The molecule has 2 amide bonds. The highest BCUT2D eigenvalue weighted by Crippen LogP contribution is 2.13. The van der Waals surface area contributed by atoms with Gasteiger partial charge in [0, 0.05) is 16.6 Å². The number of amides is 2. The van der Waals surface area contributed by atoms with E-state index in [0.29, 0.717) is 6.54 Å². The van der Waals surface area contributed by atoms with Gasteiger partial charge in [0.15, 0.2) is 0 Å². The molecule has 0 fully saturated rings. The zero-order chi connectivity index (χ0) is 13.0. The van der Waals surface area contributed by atoms with Crippen molar-refractivity contribution < 1.29 is 13.6 Å². The molecule has 3 nitrogen and oxygen atoms in total. The summed E-state index contributed by atoms with van der Waals surface area (Å²) in [5.41, 5.74) is 0.0798. The van der Waals surface area contributed by atoms with Gasteiger partial charge < -0.3 is 10.6 Å². The molecule has 2 N–H and O–H groups in total. The Kier molecular flexibility index (Phi) is 3.88. The smallest absolute Gasteiger partial charge is 0.319 e. The van der Waals surface area contributed by atoms with Gasteiger partial charge in [0.1, 0.15) is 11.6 Å². The van der Waals surface area contributed by atoms with Crippen LogP contribution in [0.25, 0.3) is 0 Å². The van der Waals surface area contributed by atoms with Crippen LogP contribution in [0, 0.1) is 11.6 Å². The molecule has 94 valence electrons. The lowest BCUT2D eigenvalue weighted by molar-refractivity contribution is 0.252. The Morgan fingerprint density at radius 2 is 1.94 bits per heavy atom. The Morgan fingerprint density at radius 3 is 2.56 bits per heavy atom. The second-order valence-electron chi connectivity index (χ2n) is 3.55. The first-order valence-corrected chi connectivity index (χ1v) is 6.05.